The van der Waals surface area contributed by atoms with E-state index in [0.29, 0.717) is 6.04 Å². The van der Waals surface area contributed by atoms with Gasteiger partial charge in [-0.1, -0.05) is 59.3 Å². The van der Waals surface area contributed by atoms with Gasteiger partial charge in [0.1, 0.15) is 0 Å². The fourth-order valence-electron chi connectivity index (χ4n) is 1.94. The third-order valence-electron chi connectivity index (χ3n) is 3.05. The van der Waals surface area contributed by atoms with Gasteiger partial charge in [-0.25, -0.2) is 0 Å². The van der Waals surface area contributed by atoms with Crippen LogP contribution in [0.2, 0.25) is 0 Å². The normalized spacial score (nSPS) is 13.6. The SMILES string of the molecule is CCCCCCC(N)C(CC)CC. The van der Waals surface area contributed by atoms with E-state index in [1.165, 1.54) is 44.9 Å². The zero-order valence-corrected chi connectivity index (χ0v) is 9.68. The second-order valence-corrected chi connectivity index (χ2v) is 4.09. The van der Waals surface area contributed by atoms with Crippen molar-refractivity contribution in [2.45, 2.75) is 71.8 Å². The van der Waals surface area contributed by atoms with Crippen LogP contribution in [0.3, 0.4) is 0 Å². The van der Waals surface area contributed by atoms with Crippen molar-refractivity contribution in [2.75, 3.05) is 0 Å². The summed E-state index contributed by atoms with van der Waals surface area (Å²) in [5.41, 5.74) is 6.12. The largest absolute Gasteiger partial charge is 0.327 e. The molecule has 0 heterocycles. The van der Waals surface area contributed by atoms with Crippen LogP contribution < -0.4 is 5.73 Å². The van der Waals surface area contributed by atoms with Gasteiger partial charge < -0.3 is 5.73 Å². The highest BCUT2D eigenvalue weighted by molar-refractivity contribution is 4.70. The maximum atomic E-state index is 6.12. The summed E-state index contributed by atoms with van der Waals surface area (Å²) in [7, 11) is 0. The highest BCUT2D eigenvalue weighted by atomic mass is 14.6. The molecule has 0 saturated carbocycles. The van der Waals surface area contributed by atoms with E-state index in [9.17, 15) is 0 Å². The summed E-state index contributed by atoms with van der Waals surface area (Å²) in [4.78, 5) is 0. The van der Waals surface area contributed by atoms with Crippen molar-refractivity contribution in [3.8, 4) is 0 Å². The fraction of sp³-hybridized carbons (Fsp3) is 1.00. The molecule has 0 aliphatic carbocycles. The minimum atomic E-state index is 0.451. The molecule has 0 spiro atoms. The molecular formula is C12H27N. The van der Waals surface area contributed by atoms with E-state index in [1.54, 1.807) is 0 Å². The first-order valence-electron chi connectivity index (χ1n) is 6.01. The van der Waals surface area contributed by atoms with Crippen molar-refractivity contribution in [2.24, 2.45) is 11.7 Å². The highest BCUT2D eigenvalue weighted by Crippen LogP contribution is 2.16. The summed E-state index contributed by atoms with van der Waals surface area (Å²) in [6.07, 6.45) is 9.09. The molecule has 0 rings (SSSR count). The molecule has 0 saturated heterocycles. The predicted molar refractivity (Wildman–Crippen MR) is 60.8 cm³/mol. The van der Waals surface area contributed by atoms with Gasteiger partial charge in [0.05, 0.1) is 0 Å². The van der Waals surface area contributed by atoms with Crippen molar-refractivity contribution < 1.29 is 0 Å². The van der Waals surface area contributed by atoms with Crippen LogP contribution in [0.4, 0.5) is 0 Å². The lowest BCUT2D eigenvalue weighted by Gasteiger charge is -2.20. The van der Waals surface area contributed by atoms with E-state index >= 15 is 0 Å². The zero-order valence-electron chi connectivity index (χ0n) is 9.68. The minimum absolute atomic E-state index is 0.451. The Bertz CT molecular complexity index is 97.3. The molecule has 0 aromatic heterocycles. The molecule has 1 unspecified atom stereocenters. The molecule has 0 aliphatic heterocycles. The first-order chi connectivity index (χ1) is 6.26. The Hall–Kier alpha value is -0.0400. The Labute approximate surface area is 84.1 Å². The maximum absolute atomic E-state index is 6.12. The molecule has 0 aromatic carbocycles. The number of rotatable bonds is 8. The molecule has 2 N–H and O–H groups in total. The van der Waals surface area contributed by atoms with Crippen molar-refractivity contribution in [1.82, 2.24) is 0 Å². The standard InChI is InChI=1S/C12H27N/c1-4-7-8-9-10-12(13)11(5-2)6-3/h11-12H,4-10,13H2,1-3H3. The summed E-state index contributed by atoms with van der Waals surface area (Å²) >= 11 is 0. The summed E-state index contributed by atoms with van der Waals surface area (Å²) in [5.74, 6) is 0.752. The molecule has 80 valence electrons. The van der Waals surface area contributed by atoms with Gasteiger partial charge in [-0.3, -0.25) is 0 Å². The van der Waals surface area contributed by atoms with Crippen molar-refractivity contribution >= 4 is 0 Å². The van der Waals surface area contributed by atoms with Crippen LogP contribution in [0.1, 0.15) is 65.7 Å². The lowest BCUT2D eigenvalue weighted by Crippen LogP contribution is -2.29. The van der Waals surface area contributed by atoms with Gasteiger partial charge in [0, 0.05) is 6.04 Å². The smallest absolute Gasteiger partial charge is 0.00669 e. The number of nitrogens with two attached hydrogens (primary N) is 1. The second kappa shape index (κ2) is 8.55. The summed E-state index contributed by atoms with van der Waals surface area (Å²) in [5, 5.41) is 0. The molecule has 0 aliphatic rings. The number of hydrogen-bond donors (Lipinski definition) is 1. The summed E-state index contributed by atoms with van der Waals surface area (Å²) in [6, 6.07) is 0.451. The summed E-state index contributed by atoms with van der Waals surface area (Å²) in [6.45, 7) is 6.75. The average Bonchev–Trinajstić information content (AvgIpc) is 2.14. The van der Waals surface area contributed by atoms with Gasteiger partial charge in [0.2, 0.25) is 0 Å². The van der Waals surface area contributed by atoms with E-state index in [-0.39, 0.29) is 0 Å². The van der Waals surface area contributed by atoms with Crippen molar-refractivity contribution in [3.63, 3.8) is 0 Å². The molecule has 0 amide bonds. The van der Waals surface area contributed by atoms with Crippen LogP contribution in [0.25, 0.3) is 0 Å². The molecule has 0 aromatic rings. The molecule has 1 heteroatoms. The monoisotopic (exact) mass is 185 g/mol. The Morgan fingerprint density at radius 2 is 1.54 bits per heavy atom. The molecule has 1 nitrogen and oxygen atoms in total. The average molecular weight is 185 g/mol. The lowest BCUT2D eigenvalue weighted by atomic mass is 9.91. The molecule has 13 heavy (non-hydrogen) atoms. The van der Waals surface area contributed by atoms with E-state index in [0.717, 1.165) is 5.92 Å². The fourth-order valence-corrected chi connectivity index (χ4v) is 1.94. The molecular weight excluding hydrogens is 158 g/mol. The van der Waals surface area contributed by atoms with Crippen LogP contribution >= 0.6 is 0 Å². The molecule has 0 fully saturated rings. The van der Waals surface area contributed by atoms with E-state index in [4.69, 9.17) is 5.73 Å². The van der Waals surface area contributed by atoms with Crippen LogP contribution in [0.5, 0.6) is 0 Å². The van der Waals surface area contributed by atoms with Gasteiger partial charge in [-0.05, 0) is 12.3 Å². The Kier molecular flexibility index (Phi) is 8.53. The summed E-state index contributed by atoms with van der Waals surface area (Å²) < 4.78 is 0. The van der Waals surface area contributed by atoms with Crippen LogP contribution in [-0.2, 0) is 0 Å². The van der Waals surface area contributed by atoms with Gasteiger partial charge in [0.15, 0.2) is 0 Å². The first kappa shape index (κ1) is 13.0. The third kappa shape index (κ3) is 6.09. The van der Waals surface area contributed by atoms with Crippen molar-refractivity contribution in [1.29, 1.82) is 0 Å². The Balaban J connectivity index is 3.42. The van der Waals surface area contributed by atoms with Crippen LogP contribution in [0.15, 0.2) is 0 Å². The quantitative estimate of drug-likeness (QED) is 0.573. The third-order valence-corrected chi connectivity index (χ3v) is 3.05. The van der Waals surface area contributed by atoms with Crippen molar-refractivity contribution in [3.05, 3.63) is 0 Å². The lowest BCUT2D eigenvalue weighted by molar-refractivity contribution is 0.367. The molecule has 0 bridgehead atoms. The molecule has 0 radical (unpaired) electrons. The Morgan fingerprint density at radius 3 is 2.00 bits per heavy atom. The Morgan fingerprint density at radius 1 is 0.923 bits per heavy atom. The van der Waals surface area contributed by atoms with E-state index in [1.807, 2.05) is 0 Å². The number of unbranched alkanes of at least 4 members (excludes halogenated alkanes) is 3. The second-order valence-electron chi connectivity index (χ2n) is 4.09. The van der Waals surface area contributed by atoms with Gasteiger partial charge in [-0.15, -0.1) is 0 Å². The maximum Gasteiger partial charge on any atom is 0.00669 e. The van der Waals surface area contributed by atoms with E-state index < -0.39 is 0 Å². The van der Waals surface area contributed by atoms with Gasteiger partial charge in [-0.2, -0.15) is 0 Å². The predicted octanol–water partition coefficient (Wildman–Crippen LogP) is 3.72. The van der Waals surface area contributed by atoms with E-state index in [2.05, 4.69) is 20.8 Å². The van der Waals surface area contributed by atoms with Crippen LogP contribution in [0, 0.1) is 5.92 Å². The first-order valence-corrected chi connectivity index (χ1v) is 6.01. The minimum Gasteiger partial charge on any atom is -0.327 e. The highest BCUT2D eigenvalue weighted by Gasteiger charge is 2.12. The molecule has 1 atom stereocenters. The zero-order chi connectivity index (χ0) is 10.1. The topological polar surface area (TPSA) is 26.0 Å². The number of hydrogen-bond acceptors (Lipinski definition) is 1. The van der Waals surface area contributed by atoms with Crippen LogP contribution in [-0.4, -0.2) is 6.04 Å². The van der Waals surface area contributed by atoms with Gasteiger partial charge in [0.25, 0.3) is 0 Å². The van der Waals surface area contributed by atoms with Gasteiger partial charge >= 0.3 is 0 Å².